The third-order valence-electron chi connectivity index (χ3n) is 11.6. The van der Waals surface area contributed by atoms with Crippen molar-refractivity contribution in [2.45, 2.75) is 172 Å². The zero-order chi connectivity index (χ0) is 46.2. The molecule has 63 heavy (non-hydrogen) atoms. The smallest absolute Gasteiger partial charge is 0.187 e. The van der Waals surface area contributed by atoms with Gasteiger partial charge >= 0.3 is 0 Å². The molecule has 0 aromatic rings. The van der Waals surface area contributed by atoms with Gasteiger partial charge in [0.2, 0.25) is 0 Å². The fourth-order valence-electron chi connectivity index (χ4n) is 7.75. The second kappa shape index (κ2) is 21.9. The summed E-state index contributed by atoms with van der Waals surface area (Å²) in [5.74, 6) is 0. The average Bonchev–Trinajstić information content (AvgIpc) is 3.26. The number of hydrogen-bond acceptors (Lipinski definition) is 29. The van der Waals surface area contributed by atoms with Crippen LogP contribution in [0.2, 0.25) is 0 Å². The topological polar surface area (TPSA) is 466 Å². The predicted molar refractivity (Wildman–Crippen MR) is 187 cm³/mol. The van der Waals surface area contributed by atoms with Crippen molar-refractivity contribution in [3.63, 3.8) is 0 Å². The molecule has 368 valence electrons. The van der Waals surface area contributed by atoms with Gasteiger partial charge in [-0.1, -0.05) is 0 Å². The Hall–Kier alpha value is -1.16. The van der Waals surface area contributed by atoms with Gasteiger partial charge < -0.3 is 144 Å². The van der Waals surface area contributed by atoms with Crippen LogP contribution in [-0.4, -0.2) is 304 Å². The average molecular weight is 931 g/mol. The van der Waals surface area contributed by atoms with Crippen LogP contribution >= 0.6 is 0 Å². The Morgan fingerprint density at radius 2 is 0.683 bits per heavy atom. The van der Waals surface area contributed by atoms with Gasteiger partial charge in [0.25, 0.3) is 0 Å². The number of aliphatic hydroxyl groups is 18. The van der Waals surface area contributed by atoms with Gasteiger partial charge in [0, 0.05) is 0 Å². The molecular formula is C34H58O29. The first-order chi connectivity index (χ1) is 29.8. The van der Waals surface area contributed by atoms with E-state index in [1.54, 1.807) is 0 Å². The van der Waals surface area contributed by atoms with Gasteiger partial charge in [-0.3, -0.25) is 0 Å². The molecule has 29 heteroatoms. The highest BCUT2D eigenvalue weighted by atomic mass is 16.8. The molecule has 0 spiro atoms. The molecule has 0 radical (unpaired) electrons. The van der Waals surface area contributed by atoms with E-state index in [2.05, 4.69) is 0 Å². The van der Waals surface area contributed by atoms with Gasteiger partial charge in [-0.2, -0.15) is 0 Å². The van der Waals surface area contributed by atoms with E-state index in [1.165, 1.54) is 0 Å². The summed E-state index contributed by atoms with van der Waals surface area (Å²) in [7, 11) is 0. The number of ether oxygens (including phenoxy) is 11. The molecule has 6 rings (SSSR count). The Kier molecular flexibility index (Phi) is 17.8. The summed E-state index contributed by atoms with van der Waals surface area (Å²) < 4.78 is 61.2. The molecule has 0 aromatic carbocycles. The van der Waals surface area contributed by atoms with Crippen LogP contribution in [0.3, 0.4) is 0 Å². The minimum Gasteiger partial charge on any atom is -0.394 e. The maximum absolute atomic E-state index is 11.5. The highest BCUT2D eigenvalue weighted by Gasteiger charge is 2.56. The SMILES string of the molecule is OC[C@H]1O[C@@H](O[C@H]2[C@@H](O)[C@@H](O)[C@H](O[C@H]3[C@H](O)[C@@H](O)[C@@H](O[C@H]4[C@H](O)[C@@H](O)[C@@H](O)O[C@@H]4CO)O[C@@H]3CO[C@H]3OC[C@@H](O)[C@H](O)[C@H]3O)O[C@@H]2CO[C@H]2OC[C@@H](O)[C@H](O)[C@H]2O)[C@H](O)[C@@H](O)[C@@H]1O. The van der Waals surface area contributed by atoms with E-state index < -0.39 is 212 Å². The number of rotatable bonds is 14. The Labute approximate surface area is 355 Å². The van der Waals surface area contributed by atoms with E-state index in [0.29, 0.717) is 0 Å². The molecule has 0 aromatic heterocycles. The van der Waals surface area contributed by atoms with E-state index in [1.807, 2.05) is 0 Å². The Bertz CT molecular complexity index is 1400. The molecule has 0 unspecified atom stereocenters. The second-order valence-electron chi connectivity index (χ2n) is 15.9. The summed E-state index contributed by atoms with van der Waals surface area (Å²) >= 11 is 0. The van der Waals surface area contributed by atoms with Crippen molar-refractivity contribution in [3.05, 3.63) is 0 Å². The first-order valence-corrected chi connectivity index (χ1v) is 19.9. The standard InChI is InChI=1S/C34H58O29/c35-1-9-15(41)16(42)23(49)32(58-9)62-27-11(5-55-30-21(47)13(39)7(37)3-53-30)60-34(25(51)19(27)45)63-28-12(6-56-31-22(48)14(40)8(38)4-54-31)59-33(24(50)18(28)44)61-26-10(2-36)57-29(52)20(46)17(26)43/h7-52H,1-6H2/t7-,8-,9-,10-,11-,12-,13+,14+,15-,16+,17-,18-,19+,20-,21-,22-,23-,24-,25-,26-,27-,28-,29+,30-,31-,32+,33-,34+/m1/s1. The molecule has 0 bridgehead atoms. The maximum Gasteiger partial charge on any atom is 0.187 e. The minimum atomic E-state index is -2.22. The monoisotopic (exact) mass is 930 g/mol. The first-order valence-electron chi connectivity index (χ1n) is 19.9. The first kappa shape index (κ1) is 51.2. The van der Waals surface area contributed by atoms with Crippen molar-refractivity contribution < 1.29 is 144 Å². The molecule has 6 heterocycles. The lowest BCUT2D eigenvalue weighted by molar-refractivity contribution is -0.393. The Morgan fingerprint density at radius 1 is 0.333 bits per heavy atom. The van der Waals surface area contributed by atoms with E-state index >= 15 is 0 Å². The van der Waals surface area contributed by atoms with Crippen LogP contribution in [-0.2, 0) is 52.1 Å². The molecule has 28 atom stereocenters. The van der Waals surface area contributed by atoms with Crippen LogP contribution in [0.25, 0.3) is 0 Å². The maximum atomic E-state index is 11.5. The van der Waals surface area contributed by atoms with Crippen LogP contribution in [0, 0.1) is 0 Å². The molecule has 6 aliphatic heterocycles. The number of aliphatic hydroxyl groups excluding tert-OH is 18. The quantitative estimate of drug-likeness (QED) is 0.0769. The number of hydrogen-bond donors (Lipinski definition) is 18. The van der Waals surface area contributed by atoms with Gasteiger partial charge in [-0.05, 0) is 0 Å². The summed E-state index contributed by atoms with van der Waals surface area (Å²) in [5, 5.41) is 188. The lowest BCUT2D eigenvalue weighted by Gasteiger charge is -2.49. The third kappa shape index (κ3) is 10.9. The van der Waals surface area contributed by atoms with Gasteiger partial charge in [-0.15, -0.1) is 0 Å². The van der Waals surface area contributed by atoms with Crippen molar-refractivity contribution in [1.29, 1.82) is 0 Å². The zero-order valence-electron chi connectivity index (χ0n) is 32.9. The van der Waals surface area contributed by atoms with E-state index in [-0.39, 0.29) is 0 Å². The normalized spacial score (nSPS) is 53.6. The molecule has 29 nitrogen and oxygen atoms in total. The van der Waals surface area contributed by atoms with E-state index in [4.69, 9.17) is 52.1 Å². The Morgan fingerprint density at radius 3 is 1.10 bits per heavy atom. The van der Waals surface area contributed by atoms with Crippen LogP contribution in [0.5, 0.6) is 0 Å². The van der Waals surface area contributed by atoms with Gasteiger partial charge in [0.05, 0.1) is 39.6 Å². The van der Waals surface area contributed by atoms with Gasteiger partial charge in [-0.25, -0.2) is 0 Å². The van der Waals surface area contributed by atoms with Gasteiger partial charge in [0.15, 0.2) is 37.7 Å². The second-order valence-corrected chi connectivity index (χ2v) is 15.9. The van der Waals surface area contributed by atoms with Crippen molar-refractivity contribution in [3.8, 4) is 0 Å². The van der Waals surface area contributed by atoms with E-state index in [9.17, 15) is 91.9 Å². The minimum absolute atomic E-state index is 0.513. The van der Waals surface area contributed by atoms with Crippen molar-refractivity contribution in [2.24, 2.45) is 0 Å². The summed E-state index contributed by atoms with van der Waals surface area (Å²) in [6, 6.07) is 0. The highest BCUT2D eigenvalue weighted by Crippen LogP contribution is 2.35. The van der Waals surface area contributed by atoms with Crippen molar-refractivity contribution >= 4 is 0 Å². The summed E-state index contributed by atoms with van der Waals surface area (Å²) in [5.41, 5.74) is 0. The lowest BCUT2D eigenvalue weighted by atomic mass is 9.95. The molecular weight excluding hydrogens is 872 g/mol. The molecule has 0 amide bonds. The Balaban J connectivity index is 1.25. The van der Waals surface area contributed by atoms with Crippen LogP contribution < -0.4 is 0 Å². The predicted octanol–water partition coefficient (Wildman–Crippen LogP) is -12.8. The van der Waals surface area contributed by atoms with Crippen LogP contribution in [0.1, 0.15) is 0 Å². The lowest BCUT2D eigenvalue weighted by Crippen LogP contribution is -2.68. The van der Waals surface area contributed by atoms with Crippen LogP contribution in [0.15, 0.2) is 0 Å². The van der Waals surface area contributed by atoms with Crippen LogP contribution in [0.4, 0.5) is 0 Å². The highest BCUT2D eigenvalue weighted by molar-refractivity contribution is 4.98. The molecule has 6 fully saturated rings. The summed E-state index contributed by atoms with van der Waals surface area (Å²) in [4.78, 5) is 0. The summed E-state index contributed by atoms with van der Waals surface area (Å²) in [6.07, 6.45) is -52.2. The fraction of sp³-hybridized carbons (Fsp3) is 1.00. The molecule has 0 aliphatic carbocycles. The summed E-state index contributed by atoms with van der Waals surface area (Å²) in [6.45, 7) is -4.44. The molecule has 6 saturated heterocycles. The van der Waals surface area contributed by atoms with Gasteiger partial charge in [0.1, 0.15) is 134 Å². The van der Waals surface area contributed by atoms with Crippen molar-refractivity contribution in [1.82, 2.24) is 0 Å². The zero-order valence-corrected chi connectivity index (χ0v) is 32.9. The fourth-order valence-corrected chi connectivity index (χ4v) is 7.75. The van der Waals surface area contributed by atoms with E-state index in [0.717, 1.165) is 0 Å². The van der Waals surface area contributed by atoms with Crippen molar-refractivity contribution in [2.75, 3.05) is 39.6 Å². The third-order valence-corrected chi connectivity index (χ3v) is 11.6. The molecule has 0 saturated carbocycles. The molecule has 6 aliphatic rings. The largest absolute Gasteiger partial charge is 0.394 e. The molecule has 18 N–H and O–H groups in total.